The van der Waals surface area contributed by atoms with Gasteiger partial charge in [0, 0.05) is 63.4 Å². The molecule has 0 unspecified atom stereocenters. The highest BCUT2D eigenvalue weighted by Gasteiger charge is 2.32. The Kier molecular flexibility index (Phi) is 5.03. The third-order valence-electron chi connectivity index (χ3n) is 5.46. The van der Waals surface area contributed by atoms with Gasteiger partial charge in [0.1, 0.15) is 18.0 Å². The zero-order valence-electron chi connectivity index (χ0n) is 16.6. The van der Waals surface area contributed by atoms with Crippen LogP contribution in [0, 0.1) is 0 Å². The van der Waals surface area contributed by atoms with Crippen molar-refractivity contribution in [2.24, 2.45) is 7.05 Å². The van der Waals surface area contributed by atoms with Crippen molar-refractivity contribution in [3.05, 3.63) is 40.1 Å². The summed E-state index contributed by atoms with van der Waals surface area (Å²) >= 11 is 0. The standard InChI is InChI=1S/C19H27N7O2/c1-23(2)10-14-7-15(27)11-26(14)18-8-17(20-12-21-18)25-5-4-16-13(9-25)6-19(28)24(3)22-16/h6,8,12,14-15,27H,4-5,7,9-11H2,1-3H3/t14-,15-/m1/s1. The van der Waals surface area contributed by atoms with E-state index in [0.717, 1.165) is 48.8 Å². The molecule has 0 bridgehead atoms. The third kappa shape index (κ3) is 3.72. The lowest BCUT2D eigenvalue weighted by Gasteiger charge is -2.31. The largest absolute Gasteiger partial charge is 0.391 e. The molecule has 0 aromatic carbocycles. The predicted molar refractivity (Wildman–Crippen MR) is 107 cm³/mol. The first-order valence-electron chi connectivity index (χ1n) is 9.63. The van der Waals surface area contributed by atoms with E-state index >= 15 is 0 Å². The SMILES string of the molecule is CN(C)C[C@H]1C[C@@H](O)CN1c1cc(N2CCc3nn(C)c(=O)cc3C2)ncn1. The first-order chi connectivity index (χ1) is 13.4. The predicted octanol–water partition coefficient (Wildman–Crippen LogP) is -0.366. The van der Waals surface area contributed by atoms with E-state index in [1.54, 1.807) is 19.4 Å². The summed E-state index contributed by atoms with van der Waals surface area (Å²) in [6, 6.07) is 3.88. The van der Waals surface area contributed by atoms with Gasteiger partial charge in [-0.15, -0.1) is 0 Å². The minimum absolute atomic E-state index is 0.0958. The van der Waals surface area contributed by atoms with Crippen LogP contribution in [-0.2, 0) is 20.0 Å². The van der Waals surface area contributed by atoms with E-state index < -0.39 is 0 Å². The topological polar surface area (TPSA) is 90.6 Å². The first-order valence-corrected chi connectivity index (χ1v) is 9.63. The summed E-state index contributed by atoms with van der Waals surface area (Å²) in [4.78, 5) is 27.3. The van der Waals surface area contributed by atoms with Gasteiger partial charge in [-0.2, -0.15) is 5.10 Å². The smallest absolute Gasteiger partial charge is 0.266 e. The lowest BCUT2D eigenvalue weighted by Crippen LogP contribution is -2.38. The molecule has 0 amide bonds. The van der Waals surface area contributed by atoms with Crippen molar-refractivity contribution in [3.8, 4) is 0 Å². The Morgan fingerprint density at radius 3 is 2.82 bits per heavy atom. The van der Waals surface area contributed by atoms with Crippen LogP contribution in [-0.4, -0.2) is 75.6 Å². The highest BCUT2D eigenvalue weighted by molar-refractivity contribution is 5.52. The highest BCUT2D eigenvalue weighted by atomic mass is 16.3. The van der Waals surface area contributed by atoms with Crippen LogP contribution in [0.1, 0.15) is 17.7 Å². The molecular weight excluding hydrogens is 358 g/mol. The van der Waals surface area contributed by atoms with Crippen LogP contribution in [0.4, 0.5) is 11.6 Å². The average molecular weight is 385 g/mol. The molecule has 1 N–H and O–H groups in total. The van der Waals surface area contributed by atoms with Crippen molar-refractivity contribution >= 4 is 11.6 Å². The number of aromatic nitrogens is 4. The van der Waals surface area contributed by atoms with E-state index in [-0.39, 0.29) is 17.7 Å². The van der Waals surface area contributed by atoms with E-state index in [2.05, 4.69) is 29.8 Å². The monoisotopic (exact) mass is 385 g/mol. The van der Waals surface area contributed by atoms with Crippen molar-refractivity contribution < 1.29 is 5.11 Å². The van der Waals surface area contributed by atoms with Gasteiger partial charge in [0.05, 0.1) is 11.8 Å². The third-order valence-corrected chi connectivity index (χ3v) is 5.46. The molecule has 0 aliphatic carbocycles. The quantitative estimate of drug-likeness (QED) is 0.763. The van der Waals surface area contributed by atoms with Crippen LogP contribution in [0.3, 0.4) is 0 Å². The van der Waals surface area contributed by atoms with Gasteiger partial charge in [-0.3, -0.25) is 4.79 Å². The second-order valence-corrected chi connectivity index (χ2v) is 7.94. The van der Waals surface area contributed by atoms with Gasteiger partial charge in [-0.05, 0) is 20.5 Å². The van der Waals surface area contributed by atoms with Gasteiger partial charge in [-0.1, -0.05) is 0 Å². The van der Waals surface area contributed by atoms with Crippen molar-refractivity contribution in [1.29, 1.82) is 0 Å². The maximum Gasteiger partial charge on any atom is 0.266 e. The molecule has 28 heavy (non-hydrogen) atoms. The summed E-state index contributed by atoms with van der Waals surface area (Å²) < 4.78 is 1.39. The fourth-order valence-corrected chi connectivity index (χ4v) is 4.12. The second-order valence-electron chi connectivity index (χ2n) is 7.94. The van der Waals surface area contributed by atoms with E-state index in [0.29, 0.717) is 13.1 Å². The molecule has 9 nitrogen and oxygen atoms in total. The van der Waals surface area contributed by atoms with Crippen LogP contribution >= 0.6 is 0 Å². The Hall–Kier alpha value is -2.52. The van der Waals surface area contributed by atoms with Crippen LogP contribution in [0.25, 0.3) is 0 Å². The maximum absolute atomic E-state index is 11.9. The van der Waals surface area contributed by atoms with Crippen molar-refractivity contribution in [2.75, 3.05) is 43.5 Å². The van der Waals surface area contributed by atoms with Gasteiger partial charge >= 0.3 is 0 Å². The summed E-state index contributed by atoms with van der Waals surface area (Å²) in [7, 11) is 5.76. The van der Waals surface area contributed by atoms with Gasteiger partial charge in [0.2, 0.25) is 0 Å². The Labute approximate surface area is 164 Å². The van der Waals surface area contributed by atoms with E-state index in [1.165, 1.54) is 4.68 Å². The van der Waals surface area contributed by atoms with Gasteiger partial charge in [0.25, 0.3) is 5.56 Å². The Morgan fingerprint density at radius 2 is 2.04 bits per heavy atom. The van der Waals surface area contributed by atoms with Crippen molar-refractivity contribution in [1.82, 2.24) is 24.6 Å². The normalized spacial score (nSPS) is 22.0. The zero-order chi connectivity index (χ0) is 19.8. The number of rotatable bonds is 4. The molecule has 2 aliphatic rings. The number of β-amino-alcohol motifs (C(OH)–C–C–N with tert-alkyl or cyclic N) is 1. The maximum atomic E-state index is 11.9. The lowest BCUT2D eigenvalue weighted by atomic mass is 10.1. The van der Waals surface area contributed by atoms with Crippen molar-refractivity contribution in [2.45, 2.75) is 31.5 Å². The van der Waals surface area contributed by atoms with Crippen LogP contribution in [0.15, 0.2) is 23.3 Å². The second kappa shape index (κ2) is 7.48. The number of fused-ring (bicyclic) bond motifs is 1. The summed E-state index contributed by atoms with van der Waals surface area (Å²) in [5.74, 6) is 1.67. The molecule has 9 heteroatoms. The van der Waals surface area contributed by atoms with Gasteiger partial charge in [-0.25, -0.2) is 14.6 Å². The summed E-state index contributed by atoms with van der Waals surface area (Å²) in [6.07, 6.45) is 2.75. The van der Waals surface area contributed by atoms with Crippen LogP contribution < -0.4 is 15.4 Å². The molecule has 4 rings (SSSR count). The molecule has 1 saturated heterocycles. The summed E-state index contributed by atoms with van der Waals surface area (Å²) in [5, 5.41) is 14.5. The zero-order valence-corrected chi connectivity index (χ0v) is 16.6. The minimum atomic E-state index is -0.340. The van der Waals surface area contributed by atoms with Crippen molar-refractivity contribution in [3.63, 3.8) is 0 Å². The molecular formula is C19H27N7O2. The molecule has 1 fully saturated rings. The van der Waals surface area contributed by atoms with E-state index in [1.807, 2.05) is 20.2 Å². The van der Waals surface area contributed by atoms with E-state index in [4.69, 9.17) is 0 Å². The Morgan fingerprint density at radius 1 is 1.25 bits per heavy atom. The molecule has 2 aliphatic heterocycles. The fourth-order valence-electron chi connectivity index (χ4n) is 4.12. The molecule has 0 spiro atoms. The number of aliphatic hydroxyl groups is 1. The number of hydrogen-bond donors (Lipinski definition) is 1. The molecule has 2 aromatic heterocycles. The Balaban J connectivity index is 1.57. The first kappa shape index (κ1) is 18.8. The van der Waals surface area contributed by atoms with Gasteiger partial charge in [0.15, 0.2) is 0 Å². The molecule has 4 heterocycles. The van der Waals surface area contributed by atoms with Crippen LogP contribution in [0.2, 0.25) is 0 Å². The average Bonchev–Trinajstić information content (AvgIpc) is 3.02. The number of aryl methyl sites for hydroxylation is 1. The summed E-state index contributed by atoms with van der Waals surface area (Å²) in [6.45, 7) is 2.84. The lowest BCUT2D eigenvalue weighted by molar-refractivity contribution is 0.191. The van der Waals surface area contributed by atoms with E-state index in [9.17, 15) is 9.90 Å². The number of hydrogen-bond acceptors (Lipinski definition) is 8. The molecule has 150 valence electrons. The number of aliphatic hydroxyl groups excluding tert-OH is 1. The highest BCUT2D eigenvalue weighted by Crippen LogP contribution is 2.28. The number of anilines is 2. The minimum Gasteiger partial charge on any atom is -0.391 e. The molecule has 2 aromatic rings. The number of nitrogens with zero attached hydrogens (tertiary/aromatic N) is 7. The molecule has 2 atom stereocenters. The molecule has 0 saturated carbocycles. The van der Waals surface area contributed by atoms with Crippen LogP contribution in [0.5, 0.6) is 0 Å². The fraction of sp³-hybridized carbons (Fsp3) is 0.579. The Bertz CT molecular complexity index is 913. The van der Waals surface area contributed by atoms with Gasteiger partial charge < -0.3 is 19.8 Å². The number of likely N-dealkylation sites (N-methyl/N-ethyl adjacent to an activating group) is 1. The molecule has 0 radical (unpaired) electrons. The summed E-state index contributed by atoms with van der Waals surface area (Å²) in [5.41, 5.74) is 1.83.